The van der Waals surface area contributed by atoms with E-state index in [-0.39, 0.29) is 29.7 Å². The summed E-state index contributed by atoms with van der Waals surface area (Å²) in [5.41, 5.74) is 1.63. The molecule has 154 valence electrons. The van der Waals surface area contributed by atoms with Crippen LogP contribution in [0.5, 0.6) is 0 Å². The van der Waals surface area contributed by atoms with Gasteiger partial charge in [0, 0.05) is 31.1 Å². The van der Waals surface area contributed by atoms with Crippen LogP contribution >= 0.6 is 0 Å². The molecule has 6 heteroatoms. The molecule has 1 heterocycles. The molecule has 1 aromatic rings. The van der Waals surface area contributed by atoms with E-state index in [0.29, 0.717) is 37.9 Å². The largest absolute Gasteiger partial charge is 0.352 e. The van der Waals surface area contributed by atoms with Gasteiger partial charge in [0.2, 0.25) is 11.8 Å². The molecule has 6 nitrogen and oxygen atoms in total. The number of carbonyl (C=O) groups is 3. The molecule has 1 aromatic carbocycles. The van der Waals surface area contributed by atoms with Gasteiger partial charge in [0.05, 0.1) is 0 Å². The number of piperidine rings is 1. The van der Waals surface area contributed by atoms with Crippen molar-refractivity contribution in [1.29, 1.82) is 0 Å². The highest BCUT2D eigenvalue weighted by molar-refractivity contribution is 5.97. The Morgan fingerprint density at radius 1 is 1.07 bits per heavy atom. The van der Waals surface area contributed by atoms with Gasteiger partial charge in [-0.3, -0.25) is 14.4 Å². The fourth-order valence-corrected chi connectivity index (χ4v) is 3.47. The molecule has 1 fully saturated rings. The number of amides is 3. The summed E-state index contributed by atoms with van der Waals surface area (Å²) in [6.45, 7) is 9.06. The zero-order valence-electron chi connectivity index (χ0n) is 17.5. The molecule has 0 spiro atoms. The summed E-state index contributed by atoms with van der Waals surface area (Å²) >= 11 is 0. The molecular weight excluding hydrogens is 354 g/mol. The summed E-state index contributed by atoms with van der Waals surface area (Å²) in [5, 5.41) is 5.96. The Balaban J connectivity index is 2.11. The molecule has 0 saturated carbocycles. The van der Waals surface area contributed by atoms with Gasteiger partial charge < -0.3 is 15.5 Å². The minimum absolute atomic E-state index is 0.0133. The third-order valence-corrected chi connectivity index (χ3v) is 5.55. The predicted molar refractivity (Wildman–Crippen MR) is 110 cm³/mol. The number of carbonyl (C=O) groups excluding carboxylic acids is 3. The van der Waals surface area contributed by atoms with Gasteiger partial charge in [-0.15, -0.1) is 0 Å². The van der Waals surface area contributed by atoms with E-state index in [9.17, 15) is 14.4 Å². The molecule has 2 atom stereocenters. The first kappa shape index (κ1) is 21.9. The zero-order valence-corrected chi connectivity index (χ0v) is 17.5. The number of aryl methyl sites for hydroxylation is 1. The first-order valence-corrected chi connectivity index (χ1v) is 10.3. The van der Waals surface area contributed by atoms with Crippen molar-refractivity contribution in [1.82, 2.24) is 15.5 Å². The van der Waals surface area contributed by atoms with Crippen molar-refractivity contribution in [2.75, 3.05) is 13.1 Å². The Hall–Kier alpha value is -2.37. The lowest BCUT2D eigenvalue weighted by Crippen LogP contribution is -2.55. The molecule has 0 bridgehead atoms. The van der Waals surface area contributed by atoms with Crippen LogP contribution < -0.4 is 10.6 Å². The smallest absolute Gasteiger partial charge is 0.251 e. The van der Waals surface area contributed by atoms with Crippen LogP contribution in [-0.4, -0.2) is 47.8 Å². The average molecular weight is 388 g/mol. The maximum atomic E-state index is 12.9. The van der Waals surface area contributed by atoms with Crippen LogP contribution in [0.3, 0.4) is 0 Å². The second-order valence-electron chi connectivity index (χ2n) is 7.71. The molecule has 1 saturated heterocycles. The summed E-state index contributed by atoms with van der Waals surface area (Å²) in [4.78, 5) is 39.4. The highest BCUT2D eigenvalue weighted by atomic mass is 16.2. The molecule has 3 amide bonds. The Labute approximate surface area is 168 Å². The van der Waals surface area contributed by atoms with Gasteiger partial charge in [-0.1, -0.05) is 31.5 Å². The molecule has 2 N–H and O–H groups in total. The quantitative estimate of drug-likeness (QED) is 0.755. The first-order valence-electron chi connectivity index (χ1n) is 10.3. The van der Waals surface area contributed by atoms with Crippen LogP contribution in [0.15, 0.2) is 24.3 Å². The summed E-state index contributed by atoms with van der Waals surface area (Å²) < 4.78 is 0. The van der Waals surface area contributed by atoms with Crippen LogP contribution in [-0.2, 0) is 9.59 Å². The number of hydrogen-bond acceptors (Lipinski definition) is 3. The molecule has 28 heavy (non-hydrogen) atoms. The monoisotopic (exact) mass is 387 g/mol. The molecule has 2 rings (SSSR count). The molecule has 1 aliphatic rings. The second kappa shape index (κ2) is 10.2. The lowest BCUT2D eigenvalue weighted by Gasteiger charge is -2.36. The maximum absolute atomic E-state index is 12.9. The Morgan fingerprint density at radius 2 is 1.68 bits per heavy atom. The highest BCUT2D eigenvalue weighted by Crippen LogP contribution is 2.22. The topological polar surface area (TPSA) is 78.5 Å². The summed E-state index contributed by atoms with van der Waals surface area (Å²) in [7, 11) is 0. The SMILES string of the molecule is CCC(=O)N1CCC([C@H](NC(=O)c2ccc(C)cc2)C(=O)N[C@@H](C)CC)CC1. The van der Waals surface area contributed by atoms with Crippen LogP contribution in [0.2, 0.25) is 0 Å². The zero-order chi connectivity index (χ0) is 20.7. The van der Waals surface area contributed by atoms with Gasteiger partial charge in [0.15, 0.2) is 0 Å². The van der Waals surface area contributed by atoms with E-state index in [1.54, 1.807) is 12.1 Å². The number of hydrogen-bond donors (Lipinski definition) is 2. The van der Waals surface area contributed by atoms with Crippen molar-refractivity contribution in [2.45, 2.75) is 65.5 Å². The second-order valence-corrected chi connectivity index (χ2v) is 7.71. The molecule has 0 unspecified atom stereocenters. The van der Waals surface area contributed by atoms with Gasteiger partial charge in [0.25, 0.3) is 5.91 Å². The van der Waals surface area contributed by atoms with E-state index in [0.717, 1.165) is 12.0 Å². The van der Waals surface area contributed by atoms with E-state index in [1.807, 2.05) is 44.7 Å². The number of likely N-dealkylation sites (tertiary alicyclic amines) is 1. The van der Waals surface area contributed by atoms with E-state index < -0.39 is 6.04 Å². The van der Waals surface area contributed by atoms with Crippen molar-refractivity contribution in [3.63, 3.8) is 0 Å². The van der Waals surface area contributed by atoms with Gasteiger partial charge in [-0.25, -0.2) is 0 Å². The molecule has 1 aliphatic heterocycles. The minimum atomic E-state index is -0.596. The molecule has 0 aromatic heterocycles. The fourth-order valence-electron chi connectivity index (χ4n) is 3.47. The van der Waals surface area contributed by atoms with Crippen molar-refractivity contribution in [3.05, 3.63) is 35.4 Å². The van der Waals surface area contributed by atoms with Crippen LogP contribution in [0.4, 0.5) is 0 Å². The average Bonchev–Trinajstić information content (AvgIpc) is 2.71. The molecular formula is C22H33N3O3. The highest BCUT2D eigenvalue weighted by Gasteiger charge is 2.34. The van der Waals surface area contributed by atoms with Crippen molar-refractivity contribution < 1.29 is 14.4 Å². The number of nitrogens with one attached hydrogen (secondary N) is 2. The van der Waals surface area contributed by atoms with Crippen molar-refractivity contribution in [3.8, 4) is 0 Å². The summed E-state index contributed by atoms with van der Waals surface area (Å²) in [6, 6.07) is 6.78. The number of nitrogens with zero attached hydrogens (tertiary/aromatic N) is 1. The Kier molecular flexibility index (Phi) is 8.03. The summed E-state index contributed by atoms with van der Waals surface area (Å²) in [5.74, 6) is -0.228. The standard InChI is InChI=1S/C22H33N3O3/c1-5-16(4)23-22(28)20(17-11-13-25(14-12-17)19(26)6-2)24-21(27)18-9-7-15(3)8-10-18/h7-10,16-17,20H,5-6,11-14H2,1-4H3,(H,23,28)(H,24,27)/t16-,20-/m0/s1. The minimum Gasteiger partial charge on any atom is -0.352 e. The van der Waals surface area contributed by atoms with Crippen LogP contribution in [0, 0.1) is 12.8 Å². The van der Waals surface area contributed by atoms with Crippen LogP contribution in [0.25, 0.3) is 0 Å². The third kappa shape index (κ3) is 5.81. The van der Waals surface area contributed by atoms with E-state index in [4.69, 9.17) is 0 Å². The lowest BCUT2D eigenvalue weighted by molar-refractivity contribution is -0.132. The first-order chi connectivity index (χ1) is 13.3. The van der Waals surface area contributed by atoms with Crippen molar-refractivity contribution in [2.24, 2.45) is 5.92 Å². The van der Waals surface area contributed by atoms with Gasteiger partial charge in [-0.05, 0) is 51.2 Å². The third-order valence-electron chi connectivity index (χ3n) is 5.55. The normalized spacial score (nSPS) is 16.9. The van der Waals surface area contributed by atoms with E-state index >= 15 is 0 Å². The Bertz CT molecular complexity index is 679. The van der Waals surface area contributed by atoms with Gasteiger partial charge in [-0.2, -0.15) is 0 Å². The lowest BCUT2D eigenvalue weighted by atomic mass is 9.88. The fraction of sp³-hybridized carbons (Fsp3) is 0.591. The number of rotatable bonds is 7. The van der Waals surface area contributed by atoms with Crippen LogP contribution in [0.1, 0.15) is 62.4 Å². The Morgan fingerprint density at radius 3 is 2.21 bits per heavy atom. The van der Waals surface area contributed by atoms with E-state index in [2.05, 4.69) is 10.6 Å². The van der Waals surface area contributed by atoms with E-state index in [1.165, 1.54) is 0 Å². The van der Waals surface area contributed by atoms with Gasteiger partial charge >= 0.3 is 0 Å². The maximum Gasteiger partial charge on any atom is 0.251 e. The van der Waals surface area contributed by atoms with Crippen molar-refractivity contribution >= 4 is 17.7 Å². The molecule has 0 aliphatic carbocycles. The van der Waals surface area contributed by atoms with Gasteiger partial charge in [0.1, 0.15) is 6.04 Å². The molecule has 0 radical (unpaired) electrons. The summed E-state index contributed by atoms with van der Waals surface area (Å²) in [6.07, 6.45) is 2.73. The number of benzene rings is 1. The predicted octanol–water partition coefficient (Wildman–Crippen LogP) is 2.66.